The van der Waals surface area contributed by atoms with Crippen molar-refractivity contribution in [2.24, 2.45) is 0 Å². The molecule has 0 atom stereocenters. The Labute approximate surface area is 122 Å². The second-order valence-electron chi connectivity index (χ2n) is 4.19. The summed E-state index contributed by atoms with van der Waals surface area (Å²) in [6.45, 7) is 0. The highest BCUT2D eigenvalue weighted by Crippen LogP contribution is 2.40. The lowest BCUT2D eigenvalue weighted by atomic mass is 9.96. The van der Waals surface area contributed by atoms with Gasteiger partial charge in [-0.1, -0.05) is 12.1 Å². The van der Waals surface area contributed by atoms with Crippen LogP contribution in [0.25, 0.3) is 0 Å². The molecule has 8 heteroatoms. The van der Waals surface area contributed by atoms with Gasteiger partial charge in [-0.2, -0.15) is 5.26 Å². The molecule has 0 aromatic heterocycles. The molecule has 0 radical (unpaired) electrons. The summed E-state index contributed by atoms with van der Waals surface area (Å²) in [6.07, 6.45) is 0. The van der Waals surface area contributed by atoms with Crippen molar-refractivity contribution in [3.8, 4) is 17.6 Å². The Kier molecular flexibility index (Phi) is 3.73. The Hall–Kier alpha value is -3.47. The largest absolute Gasteiger partial charge is 0.504 e. The Balaban J connectivity index is 2.83. The number of nitrogens with zero attached hydrogens (tertiary/aromatic N) is 2. The van der Waals surface area contributed by atoms with E-state index in [1.54, 1.807) is 0 Å². The van der Waals surface area contributed by atoms with Crippen molar-refractivity contribution in [1.29, 1.82) is 5.26 Å². The van der Waals surface area contributed by atoms with Gasteiger partial charge in [-0.3, -0.25) is 14.9 Å². The summed E-state index contributed by atoms with van der Waals surface area (Å²) in [5.74, 6) is -4.16. The Bertz CT molecular complexity index is 842. The molecule has 0 bridgehead atoms. The van der Waals surface area contributed by atoms with Crippen LogP contribution in [0.1, 0.15) is 21.5 Å². The number of phenols is 2. The van der Waals surface area contributed by atoms with Crippen LogP contribution in [0.4, 0.5) is 10.1 Å². The monoisotopic (exact) mass is 302 g/mol. The molecule has 7 nitrogen and oxygen atoms in total. The first-order valence-corrected chi connectivity index (χ1v) is 5.81. The number of phenolic OH excluding ortho intramolecular Hbond substituents is 2. The summed E-state index contributed by atoms with van der Waals surface area (Å²) in [5, 5.41) is 39.0. The van der Waals surface area contributed by atoms with E-state index in [0.717, 1.165) is 12.1 Å². The predicted molar refractivity (Wildman–Crippen MR) is 71.0 cm³/mol. The molecule has 0 amide bonds. The molecule has 0 heterocycles. The lowest BCUT2D eigenvalue weighted by molar-refractivity contribution is -0.386. The molecule has 0 fully saturated rings. The van der Waals surface area contributed by atoms with E-state index in [2.05, 4.69) is 0 Å². The molecule has 2 aromatic rings. The standard InChI is InChI=1S/C14H7FN2O5/c15-9-4-2-1-3-8(9)13(19)11-7(6-16)5-10(18)14(20)12(11)17(21)22/h1-5,18,20H. The van der Waals surface area contributed by atoms with Gasteiger partial charge < -0.3 is 10.2 Å². The van der Waals surface area contributed by atoms with Gasteiger partial charge in [0.05, 0.1) is 16.1 Å². The van der Waals surface area contributed by atoms with E-state index in [-0.39, 0.29) is 0 Å². The molecular weight excluding hydrogens is 295 g/mol. The van der Waals surface area contributed by atoms with Crippen molar-refractivity contribution >= 4 is 11.5 Å². The second kappa shape index (κ2) is 5.49. The third-order valence-electron chi connectivity index (χ3n) is 2.90. The molecule has 0 aliphatic heterocycles. The predicted octanol–water partition coefficient (Wildman–Crippen LogP) is 2.25. The minimum Gasteiger partial charge on any atom is -0.504 e. The van der Waals surface area contributed by atoms with E-state index in [1.165, 1.54) is 18.2 Å². The van der Waals surface area contributed by atoms with E-state index in [9.17, 15) is 29.5 Å². The molecule has 2 N–H and O–H groups in total. The van der Waals surface area contributed by atoms with Crippen molar-refractivity contribution in [3.05, 3.63) is 63.0 Å². The highest BCUT2D eigenvalue weighted by atomic mass is 19.1. The number of carbonyl (C=O) groups excluding carboxylic acids is 1. The van der Waals surface area contributed by atoms with Gasteiger partial charge in [-0.15, -0.1) is 0 Å². The van der Waals surface area contributed by atoms with E-state index in [4.69, 9.17) is 5.26 Å². The van der Waals surface area contributed by atoms with E-state index in [0.29, 0.717) is 6.07 Å². The maximum atomic E-state index is 13.7. The molecule has 22 heavy (non-hydrogen) atoms. The number of aromatic hydroxyl groups is 2. The fourth-order valence-corrected chi connectivity index (χ4v) is 1.92. The number of nitro benzene ring substituents is 1. The second-order valence-corrected chi connectivity index (χ2v) is 4.19. The average molecular weight is 302 g/mol. The quantitative estimate of drug-likeness (QED) is 0.388. The topological polar surface area (TPSA) is 124 Å². The summed E-state index contributed by atoms with van der Waals surface area (Å²) in [7, 11) is 0. The van der Waals surface area contributed by atoms with Crippen LogP contribution in [-0.2, 0) is 0 Å². The first-order valence-electron chi connectivity index (χ1n) is 5.81. The zero-order valence-electron chi connectivity index (χ0n) is 10.8. The third kappa shape index (κ3) is 2.31. The number of hydrogen-bond acceptors (Lipinski definition) is 6. The van der Waals surface area contributed by atoms with Crippen molar-refractivity contribution in [3.63, 3.8) is 0 Å². The molecule has 110 valence electrons. The van der Waals surface area contributed by atoms with Crippen LogP contribution < -0.4 is 0 Å². The Morgan fingerprint density at radius 3 is 2.50 bits per heavy atom. The van der Waals surface area contributed by atoms with E-state index >= 15 is 0 Å². The first-order chi connectivity index (χ1) is 10.4. The molecular formula is C14H7FN2O5. The van der Waals surface area contributed by atoms with Gasteiger partial charge in [0.25, 0.3) is 0 Å². The average Bonchev–Trinajstić information content (AvgIpc) is 2.48. The molecule has 0 saturated heterocycles. The van der Waals surface area contributed by atoms with Crippen LogP contribution in [0.3, 0.4) is 0 Å². The van der Waals surface area contributed by atoms with Crippen LogP contribution >= 0.6 is 0 Å². The maximum absolute atomic E-state index is 13.7. The number of ketones is 1. The number of hydrogen-bond donors (Lipinski definition) is 2. The fourth-order valence-electron chi connectivity index (χ4n) is 1.92. The van der Waals surface area contributed by atoms with E-state index in [1.807, 2.05) is 0 Å². The van der Waals surface area contributed by atoms with Crippen LogP contribution in [0, 0.1) is 27.3 Å². The van der Waals surface area contributed by atoms with Gasteiger partial charge in [-0.25, -0.2) is 4.39 Å². The van der Waals surface area contributed by atoms with Crippen LogP contribution in [0.2, 0.25) is 0 Å². The summed E-state index contributed by atoms with van der Waals surface area (Å²) >= 11 is 0. The van der Waals surface area contributed by atoms with Crippen LogP contribution in [-0.4, -0.2) is 20.9 Å². The summed E-state index contributed by atoms with van der Waals surface area (Å²) in [4.78, 5) is 22.3. The molecule has 0 unspecified atom stereocenters. The normalized spacial score (nSPS) is 10.0. The highest BCUT2D eigenvalue weighted by Gasteiger charge is 2.32. The molecule has 0 aliphatic rings. The van der Waals surface area contributed by atoms with Crippen molar-refractivity contribution in [1.82, 2.24) is 0 Å². The van der Waals surface area contributed by atoms with Gasteiger partial charge in [0.1, 0.15) is 17.4 Å². The number of halogens is 1. The summed E-state index contributed by atoms with van der Waals surface area (Å²) in [6, 6.07) is 6.94. The van der Waals surface area contributed by atoms with Gasteiger partial charge in [-0.05, 0) is 12.1 Å². The smallest absolute Gasteiger partial charge is 0.327 e. The molecule has 0 aliphatic carbocycles. The Morgan fingerprint density at radius 1 is 1.32 bits per heavy atom. The minimum absolute atomic E-state index is 0.493. The van der Waals surface area contributed by atoms with E-state index < -0.39 is 50.4 Å². The van der Waals surface area contributed by atoms with Crippen LogP contribution in [0.15, 0.2) is 30.3 Å². The van der Waals surface area contributed by atoms with Gasteiger partial charge in [0.2, 0.25) is 11.5 Å². The van der Waals surface area contributed by atoms with Crippen LogP contribution in [0.5, 0.6) is 11.5 Å². The maximum Gasteiger partial charge on any atom is 0.327 e. The minimum atomic E-state index is -1.16. The van der Waals surface area contributed by atoms with Crippen molar-refractivity contribution < 1.29 is 24.3 Å². The Morgan fingerprint density at radius 2 is 1.95 bits per heavy atom. The molecule has 0 spiro atoms. The molecule has 0 saturated carbocycles. The zero-order chi connectivity index (χ0) is 16.4. The number of benzene rings is 2. The van der Waals surface area contributed by atoms with Gasteiger partial charge in [0.15, 0.2) is 5.75 Å². The lowest BCUT2D eigenvalue weighted by Gasteiger charge is -2.08. The van der Waals surface area contributed by atoms with Gasteiger partial charge >= 0.3 is 5.69 Å². The highest BCUT2D eigenvalue weighted by molar-refractivity contribution is 6.14. The number of nitro groups is 1. The fraction of sp³-hybridized carbons (Fsp3) is 0. The first kappa shape index (κ1) is 14.9. The summed E-state index contributed by atoms with van der Waals surface area (Å²) < 4.78 is 13.7. The SMILES string of the molecule is N#Cc1cc(O)c(O)c([N+](=O)[O-])c1C(=O)c1ccccc1F. The lowest BCUT2D eigenvalue weighted by Crippen LogP contribution is -2.10. The van der Waals surface area contributed by atoms with Crippen molar-refractivity contribution in [2.45, 2.75) is 0 Å². The molecule has 2 rings (SSSR count). The number of carbonyl (C=O) groups is 1. The number of nitriles is 1. The summed E-state index contributed by atoms with van der Waals surface area (Å²) in [5.41, 5.74) is -2.97. The third-order valence-corrected chi connectivity index (χ3v) is 2.90. The molecule has 2 aromatic carbocycles. The van der Waals surface area contributed by atoms with Crippen molar-refractivity contribution in [2.75, 3.05) is 0 Å². The number of rotatable bonds is 3. The van der Waals surface area contributed by atoms with Gasteiger partial charge in [0, 0.05) is 6.07 Å². The zero-order valence-corrected chi connectivity index (χ0v) is 10.8.